The van der Waals surface area contributed by atoms with Gasteiger partial charge >= 0.3 is 0 Å². The molecule has 1 unspecified atom stereocenters. The highest BCUT2D eigenvalue weighted by Crippen LogP contribution is 2.30. The highest BCUT2D eigenvalue weighted by Gasteiger charge is 2.12. The number of halogens is 3. The van der Waals surface area contributed by atoms with Crippen LogP contribution in [0.2, 0.25) is 10.0 Å². The van der Waals surface area contributed by atoms with E-state index in [0.29, 0.717) is 10.0 Å². The van der Waals surface area contributed by atoms with E-state index in [2.05, 4.69) is 60.0 Å². The van der Waals surface area contributed by atoms with Crippen molar-refractivity contribution in [2.75, 3.05) is 5.32 Å². The Morgan fingerprint density at radius 1 is 1.10 bits per heavy atom. The van der Waals surface area contributed by atoms with Crippen molar-refractivity contribution in [1.82, 2.24) is 0 Å². The first kappa shape index (κ1) is 15.9. The molecule has 0 heterocycles. The van der Waals surface area contributed by atoms with Gasteiger partial charge in [0.15, 0.2) is 0 Å². The predicted octanol–water partition coefficient (Wildman–Crippen LogP) is 6.47. The van der Waals surface area contributed by atoms with Gasteiger partial charge in [0.2, 0.25) is 0 Å². The average molecular weight is 420 g/mol. The molecule has 106 valence electrons. The van der Waals surface area contributed by atoms with Crippen LogP contribution in [0.1, 0.15) is 30.5 Å². The van der Waals surface area contributed by atoms with Gasteiger partial charge in [-0.25, -0.2) is 0 Å². The summed E-state index contributed by atoms with van der Waals surface area (Å²) in [7, 11) is 0. The minimum absolute atomic E-state index is 0.225. The maximum atomic E-state index is 6.11. The van der Waals surface area contributed by atoms with Gasteiger partial charge in [0.25, 0.3) is 0 Å². The SMILES string of the molecule is CCC(Nc1ccc(I)cc1C)c1ccc(Cl)c(Cl)c1. The van der Waals surface area contributed by atoms with Crippen LogP contribution in [0.5, 0.6) is 0 Å². The molecule has 0 spiro atoms. The van der Waals surface area contributed by atoms with Gasteiger partial charge < -0.3 is 5.32 Å². The summed E-state index contributed by atoms with van der Waals surface area (Å²) in [5, 5.41) is 4.78. The monoisotopic (exact) mass is 419 g/mol. The second kappa shape index (κ2) is 7.01. The minimum Gasteiger partial charge on any atom is -0.378 e. The Labute approximate surface area is 143 Å². The van der Waals surface area contributed by atoms with Gasteiger partial charge in [-0.3, -0.25) is 0 Å². The highest BCUT2D eigenvalue weighted by atomic mass is 127. The molecule has 0 amide bonds. The Morgan fingerprint density at radius 3 is 2.45 bits per heavy atom. The molecular weight excluding hydrogens is 404 g/mol. The van der Waals surface area contributed by atoms with E-state index < -0.39 is 0 Å². The Bertz CT molecular complexity index is 613. The van der Waals surface area contributed by atoms with E-state index in [1.807, 2.05) is 18.2 Å². The van der Waals surface area contributed by atoms with E-state index in [1.165, 1.54) is 9.13 Å². The van der Waals surface area contributed by atoms with Gasteiger partial charge in [0.1, 0.15) is 0 Å². The summed E-state index contributed by atoms with van der Waals surface area (Å²) in [6, 6.07) is 12.4. The number of hydrogen-bond donors (Lipinski definition) is 1. The number of anilines is 1. The molecule has 0 aliphatic heterocycles. The highest BCUT2D eigenvalue weighted by molar-refractivity contribution is 14.1. The average Bonchev–Trinajstić information content (AvgIpc) is 2.41. The van der Waals surface area contributed by atoms with E-state index in [0.717, 1.165) is 17.7 Å². The molecular formula is C16H16Cl2IN. The number of nitrogens with one attached hydrogen (secondary N) is 1. The van der Waals surface area contributed by atoms with Gasteiger partial charge in [-0.1, -0.05) is 36.2 Å². The second-order valence-corrected chi connectivity index (χ2v) is 6.80. The molecule has 2 aromatic rings. The molecule has 1 N–H and O–H groups in total. The van der Waals surface area contributed by atoms with E-state index in [9.17, 15) is 0 Å². The zero-order valence-corrected chi connectivity index (χ0v) is 15.1. The van der Waals surface area contributed by atoms with Gasteiger partial charge in [-0.05, 0) is 77.4 Å². The van der Waals surface area contributed by atoms with Crippen molar-refractivity contribution >= 4 is 51.5 Å². The van der Waals surface area contributed by atoms with E-state index in [-0.39, 0.29) is 6.04 Å². The third-order valence-electron chi connectivity index (χ3n) is 3.27. The predicted molar refractivity (Wildman–Crippen MR) is 97.0 cm³/mol. The molecule has 0 aliphatic rings. The topological polar surface area (TPSA) is 12.0 Å². The summed E-state index contributed by atoms with van der Waals surface area (Å²) < 4.78 is 1.24. The summed E-state index contributed by atoms with van der Waals surface area (Å²) in [4.78, 5) is 0. The molecule has 0 aliphatic carbocycles. The van der Waals surface area contributed by atoms with Gasteiger partial charge in [0, 0.05) is 9.26 Å². The van der Waals surface area contributed by atoms with Crippen LogP contribution in [-0.2, 0) is 0 Å². The lowest BCUT2D eigenvalue weighted by Gasteiger charge is -2.21. The fourth-order valence-corrected chi connectivity index (χ4v) is 3.08. The molecule has 2 rings (SSSR count). The third-order valence-corrected chi connectivity index (χ3v) is 4.68. The Hall–Kier alpha value is -0.450. The zero-order chi connectivity index (χ0) is 14.7. The van der Waals surface area contributed by atoms with Crippen LogP contribution in [0, 0.1) is 10.5 Å². The summed E-state index contributed by atoms with van der Waals surface area (Å²) >= 11 is 14.4. The summed E-state index contributed by atoms with van der Waals surface area (Å²) in [5.41, 5.74) is 3.55. The number of hydrogen-bond acceptors (Lipinski definition) is 1. The van der Waals surface area contributed by atoms with Crippen LogP contribution < -0.4 is 5.32 Å². The maximum Gasteiger partial charge on any atom is 0.0595 e. The number of benzene rings is 2. The van der Waals surface area contributed by atoms with Crippen LogP contribution in [0.15, 0.2) is 36.4 Å². The van der Waals surface area contributed by atoms with Crippen molar-refractivity contribution in [3.05, 3.63) is 61.1 Å². The van der Waals surface area contributed by atoms with E-state index >= 15 is 0 Å². The van der Waals surface area contributed by atoms with E-state index in [4.69, 9.17) is 23.2 Å². The first-order valence-electron chi connectivity index (χ1n) is 6.49. The van der Waals surface area contributed by atoms with Crippen molar-refractivity contribution < 1.29 is 0 Å². The maximum absolute atomic E-state index is 6.11. The fraction of sp³-hybridized carbons (Fsp3) is 0.250. The van der Waals surface area contributed by atoms with E-state index in [1.54, 1.807) is 0 Å². The van der Waals surface area contributed by atoms with Crippen LogP contribution in [-0.4, -0.2) is 0 Å². The van der Waals surface area contributed by atoms with Crippen LogP contribution in [0.3, 0.4) is 0 Å². The molecule has 0 saturated heterocycles. The Balaban J connectivity index is 2.26. The fourth-order valence-electron chi connectivity index (χ4n) is 2.13. The van der Waals surface area contributed by atoms with Crippen molar-refractivity contribution in [3.8, 4) is 0 Å². The number of rotatable bonds is 4. The summed E-state index contributed by atoms with van der Waals surface area (Å²) in [5.74, 6) is 0. The van der Waals surface area contributed by atoms with Crippen LogP contribution >= 0.6 is 45.8 Å². The molecule has 4 heteroatoms. The first-order valence-corrected chi connectivity index (χ1v) is 8.32. The molecule has 0 aromatic heterocycles. The molecule has 20 heavy (non-hydrogen) atoms. The summed E-state index contributed by atoms with van der Waals surface area (Å²) in [6.45, 7) is 4.27. The molecule has 1 nitrogen and oxygen atoms in total. The number of aryl methyl sites for hydroxylation is 1. The van der Waals surface area contributed by atoms with Crippen molar-refractivity contribution in [2.24, 2.45) is 0 Å². The zero-order valence-electron chi connectivity index (χ0n) is 11.4. The lowest BCUT2D eigenvalue weighted by molar-refractivity contribution is 0.748. The first-order chi connectivity index (χ1) is 9.51. The molecule has 1 atom stereocenters. The lowest BCUT2D eigenvalue weighted by Crippen LogP contribution is -2.10. The standard InChI is InChI=1S/C16H16Cl2IN/c1-3-15(11-4-6-13(17)14(18)9-11)20-16-7-5-12(19)8-10(16)2/h4-9,15,20H,3H2,1-2H3. The Kier molecular flexibility index (Phi) is 5.58. The van der Waals surface area contributed by atoms with Crippen molar-refractivity contribution in [3.63, 3.8) is 0 Å². The van der Waals surface area contributed by atoms with Crippen LogP contribution in [0.4, 0.5) is 5.69 Å². The lowest BCUT2D eigenvalue weighted by atomic mass is 10.0. The molecule has 0 bridgehead atoms. The van der Waals surface area contributed by atoms with Gasteiger partial charge in [0.05, 0.1) is 16.1 Å². The molecule has 0 fully saturated rings. The normalized spacial score (nSPS) is 12.2. The van der Waals surface area contributed by atoms with Crippen LogP contribution in [0.25, 0.3) is 0 Å². The molecule has 0 radical (unpaired) electrons. The smallest absolute Gasteiger partial charge is 0.0595 e. The molecule has 2 aromatic carbocycles. The van der Waals surface area contributed by atoms with Crippen molar-refractivity contribution in [1.29, 1.82) is 0 Å². The second-order valence-electron chi connectivity index (χ2n) is 4.74. The van der Waals surface area contributed by atoms with Gasteiger partial charge in [-0.15, -0.1) is 0 Å². The largest absolute Gasteiger partial charge is 0.378 e. The Morgan fingerprint density at radius 2 is 1.85 bits per heavy atom. The minimum atomic E-state index is 0.225. The van der Waals surface area contributed by atoms with Gasteiger partial charge in [-0.2, -0.15) is 0 Å². The molecule has 0 saturated carbocycles. The quantitative estimate of drug-likeness (QED) is 0.560. The summed E-state index contributed by atoms with van der Waals surface area (Å²) in [6.07, 6.45) is 0.976. The third kappa shape index (κ3) is 3.80. The van der Waals surface area contributed by atoms with Crippen molar-refractivity contribution in [2.45, 2.75) is 26.3 Å².